The first-order valence-electron chi connectivity index (χ1n) is 8.24. The molecular weight excluding hydrogens is 300 g/mol. The van der Waals surface area contributed by atoms with E-state index in [1.165, 1.54) is 0 Å². The zero-order valence-corrected chi connectivity index (χ0v) is 14.1. The third kappa shape index (κ3) is 3.59. The molecule has 24 heavy (non-hydrogen) atoms. The summed E-state index contributed by atoms with van der Waals surface area (Å²) in [7, 11) is 1.66. The van der Waals surface area contributed by atoms with Crippen molar-refractivity contribution in [3.05, 3.63) is 53.9 Å². The molecule has 0 amide bonds. The van der Waals surface area contributed by atoms with Gasteiger partial charge >= 0.3 is 0 Å². The van der Waals surface area contributed by atoms with Crippen molar-refractivity contribution in [2.75, 3.05) is 13.7 Å². The molecule has 4 nitrogen and oxygen atoms in total. The van der Waals surface area contributed by atoms with Crippen molar-refractivity contribution in [3.8, 4) is 11.5 Å². The molecule has 1 aromatic heterocycles. The summed E-state index contributed by atoms with van der Waals surface area (Å²) in [6, 6.07) is 13.9. The number of unbranched alkanes of at least 4 members (excludes halogenated alkanes) is 1. The summed E-state index contributed by atoms with van der Waals surface area (Å²) in [4.78, 5) is 7.86. The first-order chi connectivity index (χ1) is 11.8. The normalized spacial score (nSPS) is 11.2. The van der Waals surface area contributed by atoms with Gasteiger partial charge in [0.1, 0.15) is 5.82 Å². The van der Waals surface area contributed by atoms with Crippen molar-refractivity contribution in [3.63, 3.8) is 0 Å². The second-order valence-corrected chi connectivity index (χ2v) is 5.55. The van der Waals surface area contributed by atoms with E-state index in [0.29, 0.717) is 6.61 Å². The third-order valence-electron chi connectivity index (χ3n) is 3.80. The molecule has 4 heteroatoms. The quantitative estimate of drug-likeness (QED) is 0.628. The number of benzene rings is 2. The Morgan fingerprint density at radius 2 is 1.96 bits per heavy atom. The molecule has 1 N–H and O–H groups in total. The van der Waals surface area contributed by atoms with E-state index < -0.39 is 0 Å². The Bertz CT molecular complexity index is 804. The van der Waals surface area contributed by atoms with Crippen molar-refractivity contribution >= 4 is 23.2 Å². The average Bonchev–Trinajstić information content (AvgIpc) is 3.03. The number of imidazole rings is 1. The molecular formula is C20H22N2O2. The van der Waals surface area contributed by atoms with Crippen LogP contribution >= 0.6 is 0 Å². The lowest BCUT2D eigenvalue weighted by Crippen LogP contribution is -2.00. The van der Waals surface area contributed by atoms with Crippen LogP contribution < -0.4 is 9.47 Å². The van der Waals surface area contributed by atoms with Gasteiger partial charge < -0.3 is 14.5 Å². The molecule has 124 valence electrons. The van der Waals surface area contributed by atoms with E-state index in [9.17, 15) is 0 Å². The summed E-state index contributed by atoms with van der Waals surface area (Å²) < 4.78 is 11.4. The Morgan fingerprint density at radius 1 is 1.08 bits per heavy atom. The van der Waals surface area contributed by atoms with Gasteiger partial charge in [-0.25, -0.2) is 4.98 Å². The fourth-order valence-corrected chi connectivity index (χ4v) is 2.52. The number of H-pyrrole nitrogens is 1. The van der Waals surface area contributed by atoms with Gasteiger partial charge in [0, 0.05) is 5.56 Å². The number of nitrogens with zero attached hydrogens (tertiary/aromatic N) is 1. The lowest BCUT2D eigenvalue weighted by atomic mass is 10.1. The van der Waals surface area contributed by atoms with Crippen molar-refractivity contribution in [1.29, 1.82) is 0 Å². The van der Waals surface area contributed by atoms with Gasteiger partial charge in [-0.3, -0.25) is 0 Å². The number of methoxy groups -OCH3 is 1. The maximum Gasteiger partial charge on any atom is 0.168 e. The molecule has 0 saturated heterocycles. The highest BCUT2D eigenvalue weighted by Crippen LogP contribution is 2.32. The van der Waals surface area contributed by atoms with Gasteiger partial charge in [0.05, 0.1) is 24.8 Å². The fraction of sp³-hybridized carbons (Fsp3) is 0.250. The monoisotopic (exact) mass is 322 g/mol. The molecule has 0 aliphatic carbocycles. The van der Waals surface area contributed by atoms with E-state index in [1.54, 1.807) is 7.11 Å². The molecule has 3 rings (SSSR count). The lowest BCUT2D eigenvalue weighted by Gasteiger charge is -2.13. The molecule has 0 radical (unpaired) electrons. The summed E-state index contributed by atoms with van der Waals surface area (Å²) in [5.41, 5.74) is 2.97. The van der Waals surface area contributed by atoms with Crippen molar-refractivity contribution in [2.24, 2.45) is 0 Å². The smallest absolute Gasteiger partial charge is 0.168 e. The first-order valence-corrected chi connectivity index (χ1v) is 8.24. The predicted molar refractivity (Wildman–Crippen MR) is 98.4 cm³/mol. The summed E-state index contributed by atoms with van der Waals surface area (Å²) in [5.74, 6) is 2.34. The number of ether oxygens (including phenoxy) is 2. The van der Waals surface area contributed by atoms with Gasteiger partial charge in [-0.15, -0.1) is 0 Å². The van der Waals surface area contributed by atoms with Gasteiger partial charge in [0.15, 0.2) is 11.5 Å². The molecule has 0 bridgehead atoms. The van der Waals surface area contributed by atoms with Crippen LogP contribution in [-0.4, -0.2) is 23.7 Å². The molecule has 0 unspecified atom stereocenters. The van der Waals surface area contributed by atoms with Crippen molar-refractivity contribution in [1.82, 2.24) is 9.97 Å². The summed E-state index contributed by atoms with van der Waals surface area (Å²) >= 11 is 0. The second-order valence-electron chi connectivity index (χ2n) is 5.55. The zero-order valence-electron chi connectivity index (χ0n) is 14.1. The molecule has 2 aromatic carbocycles. The third-order valence-corrected chi connectivity index (χ3v) is 3.80. The van der Waals surface area contributed by atoms with Gasteiger partial charge in [-0.2, -0.15) is 0 Å². The maximum absolute atomic E-state index is 5.94. The number of para-hydroxylation sites is 3. The lowest BCUT2D eigenvalue weighted by molar-refractivity contribution is 0.287. The van der Waals surface area contributed by atoms with Gasteiger partial charge in [0.25, 0.3) is 0 Å². The SMILES string of the molecule is CCCCOc1c(/C=C/c2nc3ccccc3[nH]2)cccc1OC. The van der Waals surface area contributed by atoms with E-state index in [0.717, 1.165) is 46.8 Å². The van der Waals surface area contributed by atoms with Gasteiger partial charge in [0.2, 0.25) is 0 Å². The van der Waals surface area contributed by atoms with Crippen LogP contribution in [0.15, 0.2) is 42.5 Å². The van der Waals surface area contributed by atoms with E-state index >= 15 is 0 Å². The molecule has 0 fully saturated rings. The molecule has 0 spiro atoms. The van der Waals surface area contributed by atoms with Crippen LogP contribution in [0, 0.1) is 0 Å². The van der Waals surface area contributed by atoms with Crippen molar-refractivity contribution in [2.45, 2.75) is 19.8 Å². The van der Waals surface area contributed by atoms with Gasteiger partial charge in [-0.05, 0) is 36.8 Å². The maximum atomic E-state index is 5.94. The number of nitrogens with one attached hydrogen (secondary N) is 1. The van der Waals surface area contributed by atoms with Crippen LogP contribution in [0.25, 0.3) is 23.2 Å². The highest BCUT2D eigenvalue weighted by atomic mass is 16.5. The minimum absolute atomic E-state index is 0.683. The second kappa shape index (κ2) is 7.68. The molecule has 3 aromatic rings. The Kier molecular flexibility index (Phi) is 5.16. The van der Waals surface area contributed by atoms with Crippen LogP contribution in [0.3, 0.4) is 0 Å². The highest BCUT2D eigenvalue weighted by Gasteiger charge is 2.08. The highest BCUT2D eigenvalue weighted by molar-refractivity contribution is 5.79. The first kappa shape index (κ1) is 16.1. The van der Waals surface area contributed by atoms with E-state index in [1.807, 2.05) is 54.6 Å². The van der Waals surface area contributed by atoms with Crippen LogP contribution in [0.2, 0.25) is 0 Å². The van der Waals surface area contributed by atoms with Crippen LogP contribution in [0.1, 0.15) is 31.2 Å². The van der Waals surface area contributed by atoms with E-state index in [4.69, 9.17) is 9.47 Å². The van der Waals surface area contributed by atoms with E-state index in [-0.39, 0.29) is 0 Å². The molecule has 1 heterocycles. The minimum atomic E-state index is 0.683. The zero-order chi connectivity index (χ0) is 16.8. The number of hydrogen-bond acceptors (Lipinski definition) is 3. The minimum Gasteiger partial charge on any atom is -0.493 e. The summed E-state index contributed by atoms with van der Waals surface area (Å²) in [5, 5.41) is 0. The van der Waals surface area contributed by atoms with Gasteiger partial charge in [-0.1, -0.05) is 37.6 Å². The van der Waals surface area contributed by atoms with Crippen molar-refractivity contribution < 1.29 is 9.47 Å². The average molecular weight is 322 g/mol. The Balaban J connectivity index is 1.87. The Morgan fingerprint density at radius 3 is 2.75 bits per heavy atom. The predicted octanol–water partition coefficient (Wildman–Crippen LogP) is 4.92. The Hall–Kier alpha value is -2.75. The van der Waals surface area contributed by atoms with Crippen LogP contribution in [0.5, 0.6) is 11.5 Å². The van der Waals surface area contributed by atoms with Crippen LogP contribution in [0.4, 0.5) is 0 Å². The number of aromatic amines is 1. The van der Waals surface area contributed by atoms with Crippen LogP contribution in [-0.2, 0) is 0 Å². The summed E-state index contributed by atoms with van der Waals surface area (Å²) in [6.45, 7) is 2.83. The van der Waals surface area contributed by atoms with E-state index in [2.05, 4.69) is 16.9 Å². The Labute approximate surface area is 142 Å². The molecule has 0 saturated carbocycles. The summed E-state index contributed by atoms with van der Waals surface area (Å²) in [6.07, 6.45) is 6.08. The topological polar surface area (TPSA) is 47.1 Å². The number of hydrogen-bond donors (Lipinski definition) is 1. The molecule has 0 aliphatic heterocycles. The largest absolute Gasteiger partial charge is 0.493 e. The number of rotatable bonds is 7. The fourth-order valence-electron chi connectivity index (χ4n) is 2.52. The standard InChI is InChI=1S/C20H22N2O2/c1-3-4-14-24-20-15(8-7-11-18(20)23-2)12-13-19-21-16-9-5-6-10-17(16)22-19/h5-13H,3-4,14H2,1-2H3,(H,21,22)/b13-12+. The molecule has 0 atom stereocenters. The molecule has 0 aliphatic rings. The number of fused-ring (bicyclic) bond motifs is 1. The number of aromatic nitrogens is 2.